The van der Waals surface area contributed by atoms with E-state index < -0.39 is 0 Å². The smallest absolute Gasteiger partial charge is 0.0474 e. The number of ether oxygens (including phenoxy) is 1. The minimum absolute atomic E-state index is 0.241. The maximum atomic E-state index is 5.42. The van der Waals surface area contributed by atoms with Crippen molar-refractivity contribution in [3.05, 3.63) is 35.4 Å². The zero-order chi connectivity index (χ0) is 10.7. The van der Waals surface area contributed by atoms with Crippen molar-refractivity contribution in [2.45, 2.75) is 25.2 Å². The Bertz CT molecular complexity index is 381. The van der Waals surface area contributed by atoms with Gasteiger partial charge in [-0.25, -0.2) is 0 Å². The zero-order valence-electron chi connectivity index (χ0n) is 9.12. The van der Waals surface area contributed by atoms with E-state index in [4.69, 9.17) is 11.2 Å². The first-order valence-corrected chi connectivity index (χ1v) is 5.39. The fourth-order valence-corrected chi connectivity index (χ4v) is 2.09. The highest BCUT2D eigenvalue weighted by Gasteiger charge is 2.29. The van der Waals surface area contributed by atoms with Crippen molar-refractivity contribution >= 4 is 0 Å². The van der Waals surface area contributed by atoms with E-state index in [2.05, 4.69) is 25.0 Å². The topological polar surface area (TPSA) is 9.23 Å². The van der Waals surface area contributed by atoms with E-state index in [-0.39, 0.29) is 5.41 Å². The lowest BCUT2D eigenvalue weighted by molar-refractivity contribution is 0.0564. The van der Waals surface area contributed by atoms with Crippen molar-refractivity contribution in [1.29, 1.82) is 0 Å². The maximum absolute atomic E-state index is 5.42. The van der Waals surface area contributed by atoms with E-state index >= 15 is 0 Å². The highest BCUT2D eigenvalue weighted by atomic mass is 16.5. The van der Waals surface area contributed by atoms with Gasteiger partial charge in [0.05, 0.1) is 0 Å². The predicted octanol–water partition coefficient (Wildman–Crippen LogP) is 2.74. The molecule has 0 aliphatic carbocycles. The Morgan fingerprint density at radius 1 is 1.33 bits per heavy atom. The monoisotopic (exact) mass is 200 g/mol. The van der Waals surface area contributed by atoms with Gasteiger partial charge in [0.15, 0.2) is 0 Å². The molecule has 2 rings (SSSR count). The molecule has 0 saturated carbocycles. The van der Waals surface area contributed by atoms with Crippen molar-refractivity contribution in [2.24, 2.45) is 0 Å². The lowest BCUT2D eigenvalue weighted by atomic mass is 9.76. The van der Waals surface area contributed by atoms with Gasteiger partial charge in [0.2, 0.25) is 0 Å². The molecule has 1 aliphatic heterocycles. The van der Waals surface area contributed by atoms with Crippen molar-refractivity contribution in [3.8, 4) is 12.3 Å². The molecular formula is C14H16O. The van der Waals surface area contributed by atoms with Gasteiger partial charge in [0.25, 0.3) is 0 Å². The highest BCUT2D eigenvalue weighted by molar-refractivity contribution is 5.38. The summed E-state index contributed by atoms with van der Waals surface area (Å²) in [5.41, 5.74) is 2.56. The van der Waals surface area contributed by atoms with Gasteiger partial charge in [-0.05, 0) is 36.0 Å². The molecule has 1 fully saturated rings. The second-order valence-electron chi connectivity index (χ2n) is 4.40. The summed E-state index contributed by atoms with van der Waals surface area (Å²) in [6, 6.07) is 8.33. The molecule has 0 amide bonds. The van der Waals surface area contributed by atoms with Gasteiger partial charge in [-0.3, -0.25) is 0 Å². The van der Waals surface area contributed by atoms with Crippen LogP contribution in [0.4, 0.5) is 0 Å². The number of terminal acetylenes is 1. The van der Waals surface area contributed by atoms with Gasteiger partial charge < -0.3 is 4.74 Å². The summed E-state index contributed by atoms with van der Waals surface area (Å²) in [5.74, 6) is 2.69. The van der Waals surface area contributed by atoms with Crippen LogP contribution in [-0.2, 0) is 10.2 Å². The molecule has 78 valence electrons. The largest absolute Gasteiger partial charge is 0.381 e. The fraction of sp³-hybridized carbons (Fsp3) is 0.429. The molecule has 1 saturated heterocycles. The second kappa shape index (κ2) is 4.08. The average Bonchev–Trinajstić information content (AvgIpc) is 2.30. The number of rotatable bonds is 1. The summed E-state index contributed by atoms with van der Waals surface area (Å²) in [7, 11) is 0. The number of hydrogen-bond donors (Lipinski definition) is 0. The van der Waals surface area contributed by atoms with Gasteiger partial charge in [0.1, 0.15) is 0 Å². The van der Waals surface area contributed by atoms with Gasteiger partial charge >= 0.3 is 0 Å². The van der Waals surface area contributed by atoms with Crippen LogP contribution in [-0.4, -0.2) is 13.2 Å². The molecule has 0 atom stereocenters. The predicted molar refractivity (Wildman–Crippen MR) is 61.8 cm³/mol. The van der Waals surface area contributed by atoms with Crippen molar-refractivity contribution < 1.29 is 4.74 Å². The number of hydrogen-bond acceptors (Lipinski definition) is 1. The maximum Gasteiger partial charge on any atom is 0.0474 e. The molecule has 1 heterocycles. The molecule has 0 aromatic heterocycles. The molecule has 0 N–H and O–H groups in total. The molecular weight excluding hydrogens is 184 g/mol. The van der Waals surface area contributed by atoms with Crippen LogP contribution in [0, 0.1) is 12.3 Å². The van der Waals surface area contributed by atoms with E-state index in [1.807, 2.05) is 12.1 Å². The number of benzene rings is 1. The Labute approximate surface area is 91.5 Å². The van der Waals surface area contributed by atoms with Crippen molar-refractivity contribution in [3.63, 3.8) is 0 Å². The van der Waals surface area contributed by atoms with Gasteiger partial charge in [0, 0.05) is 18.8 Å². The summed E-state index contributed by atoms with van der Waals surface area (Å²) in [6.45, 7) is 4.01. The van der Waals surface area contributed by atoms with Gasteiger partial charge in [-0.1, -0.05) is 25.0 Å². The van der Waals surface area contributed by atoms with Crippen LogP contribution in [0.25, 0.3) is 0 Å². The van der Waals surface area contributed by atoms with Crippen LogP contribution >= 0.6 is 0 Å². The standard InChI is InChI=1S/C14H16O/c1-3-12-5-4-6-13(11-12)14(2)7-9-15-10-8-14/h1,4-6,11H,7-10H2,2H3. The first kappa shape index (κ1) is 10.3. The summed E-state index contributed by atoms with van der Waals surface area (Å²) in [4.78, 5) is 0. The van der Waals surface area contributed by atoms with E-state index in [0.29, 0.717) is 0 Å². The molecule has 15 heavy (non-hydrogen) atoms. The molecule has 1 aromatic rings. The van der Waals surface area contributed by atoms with Crippen LogP contribution in [0.5, 0.6) is 0 Å². The van der Waals surface area contributed by atoms with Crippen molar-refractivity contribution in [2.75, 3.05) is 13.2 Å². The van der Waals surface area contributed by atoms with E-state index in [1.54, 1.807) is 0 Å². The summed E-state index contributed by atoms with van der Waals surface area (Å²) in [5, 5.41) is 0. The molecule has 1 nitrogen and oxygen atoms in total. The van der Waals surface area contributed by atoms with Crippen LogP contribution in [0.1, 0.15) is 30.9 Å². The van der Waals surface area contributed by atoms with Crippen molar-refractivity contribution in [1.82, 2.24) is 0 Å². The highest BCUT2D eigenvalue weighted by Crippen LogP contribution is 2.34. The van der Waals surface area contributed by atoms with Crippen LogP contribution in [0.3, 0.4) is 0 Å². The minimum Gasteiger partial charge on any atom is -0.381 e. The molecule has 0 spiro atoms. The van der Waals surface area contributed by atoms with Crippen LogP contribution in [0.2, 0.25) is 0 Å². The zero-order valence-corrected chi connectivity index (χ0v) is 9.12. The second-order valence-corrected chi connectivity index (χ2v) is 4.40. The van der Waals surface area contributed by atoms with Crippen LogP contribution < -0.4 is 0 Å². The van der Waals surface area contributed by atoms with E-state index in [9.17, 15) is 0 Å². The van der Waals surface area contributed by atoms with E-state index in [0.717, 1.165) is 31.6 Å². The quantitative estimate of drug-likeness (QED) is 0.633. The fourth-order valence-electron chi connectivity index (χ4n) is 2.09. The van der Waals surface area contributed by atoms with Gasteiger partial charge in [-0.2, -0.15) is 0 Å². The van der Waals surface area contributed by atoms with Gasteiger partial charge in [-0.15, -0.1) is 6.42 Å². The Balaban J connectivity index is 2.31. The Morgan fingerprint density at radius 3 is 2.73 bits per heavy atom. The lowest BCUT2D eigenvalue weighted by Gasteiger charge is -2.34. The average molecular weight is 200 g/mol. The third-order valence-corrected chi connectivity index (χ3v) is 3.32. The minimum atomic E-state index is 0.241. The first-order valence-electron chi connectivity index (χ1n) is 5.39. The molecule has 0 radical (unpaired) electrons. The molecule has 1 heteroatoms. The normalized spacial score (nSPS) is 19.5. The van der Waals surface area contributed by atoms with Crippen LogP contribution in [0.15, 0.2) is 24.3 Å². The molecule has 1 aromatic carbocycles. The molecule has 1 aliphatic rings. The summed E-state index contributed by atoms with van der Waals surface area (Å²) >= 11 is 0. The lowest BCUT2D eigenvalue weighted by Crippen LogP contribution is -2.30. The Morgan fingerprint density at radius 2 is 2.07 bits per heavy atom. The first-order chi connectivity index (χ1) is 7.24. The third-order valence-electron chi connectivity index (χ3n) is 3.32. The third kappa shape index (κ3) is 2.06. The SMILES string of the molecule is C#Cc1cccc(C2(C)CCOCC2)c1. The molecule has 0 bridgehead atoms. The Kier molecular flexibility index (Phi) is 2.79. The Hall–Kier alpha value is -1.26. The summed E-state index contributed by atoms with van der Waals surface area (Å²) in [6.07, 6.45) is 7.59. The summed E-state index contributed by atoms with van der Waals surface area (Å²) < 4.78 is 5.40. The van der Waals surface area contributed by atoms with E-state index in [1.165, 1.54) is 5.56 Å². The molecule has 0 unspecified atom stereocenters.